The van der Waals surface area contributed by atoms with Crippen molar-refractivity contribution in [3.63, 3.8) is 0 Å². The number of hydrogen-bond donors (Lipinski definition) is 0. The predicted octanol–water partition coefficient (Wildman–Crippen LogP) is 1.93. The molecule has 0 radical (unpaired) electrons. The van der Waals surface area contributed by atoms with Gasteiger partial charge in [0, 0.05) is 17.7 Å². The summed E-state index contributed by atoms with van der Waals surface area (Å²) in [5, 5.41) is 10.7. The average molecular weight is 355 g/mol. The molecule has 4 rings (SSSR count). The van der Waals surface area contributed by atoms with Gasteiger partial charge in [-0.3, -0.25) is 14.9 Å². The van der Waals surface area contributed by atoms with E-state index < -0.39 is 20.9 Å². The molecule has 0 N–H and O–H groups in total. The zero-order valence-corrected chi connectivity index (χ0v) is 13.3. The van der Waals surface area contributed by atoms with Crippen molar-refractivity contribution in [2.45, 2.75) is 4.90 Å². The fraction of sp³-hybridized carbons (Fsp3) is 0. The van der Waals surface area contributed by atoms with Crippen molar-refractivity contribution in [1.29, 1.82) is 0 Å². The van der Waals surface area contributed by atoms with Gasteiger partial charge in [-0.15, -0.1) is 0 Å². The lowest BCUT2D eigenvalue weighted by Gasteiger charge is -2.08. The Morgan fingerprint density at radius 2 is 1.76 bits per heavy atom. The Hall–Kier alpha value is -3.33. The third-order valence-electron chi connectivity index (χ3n) is 3.88. The van der Waals surface area contributed by atoms with Crippen LogP contribution in [0, 0.1) is 10.1 Å². The number of hydrogen-bond acceptors (Lipinski definition) is 6. The van der Waals surface area contributed by atoms with Gasteiger partial charge in [-0.25, -0.2) is 13.4 Å². The molecular formula is C16H9N3O5S. The normalized spacial score (nSPS) is 18.9. The molecule has 0 aliphatic carbocycles. The van der Waals surface area contributed by atoms with Crippen LogP contribution in [0.5, 0.6) is 0 Å². The molecule has 0 saturated carbocycles. The minimum Gasteiger partial charge on any atom is -0.266 e. The molecule has 0 atom stereocenters. The van der Waals surface area contributed by atoms with Gasteiger partial charge in [0.1, 0.15) is 5.70 Å². The quantitative estimate of drug-likeness (QED) is 0.464. The van der Waals surface area contributed by atoms with Gasteiger partial charge in [-0.05, 0) is 35.9 Å². The van der Waals surface area contributed by atoms with Gasteiger partial charge < -0.3 is 0 Å². The van der Waals surface area contributed by atoms with Crippen molar-refractivity contribution in [3.8, 4) is 0 Å². The first-order valence-corrected chi connectivity index (χ1v) is 8.57. The Kier molecular flexibility index (Phi) is 3.09. The Bertz CT molecular complexity index is 1100. The number of rotatable bonds is 2. The Morgan fingerprint density at radius 1 is 1.08 bits per heavy atom. The number of fused-ring (bicyclic) bond motifs is 3. The highest BCUT2D eigenvalue weighted by atomic mass is 32.2. The molecule has 0 bridgehead atoms. The van der Waals surface area contributed by atoms with E-state index in [1.165, 1.54) is 36.4 Å². The van der Waals surface area contributed by atoms with E-state index in [4.69, 9.17) is 0 Å². The van der Waals surface area contributed by atoms with Gasteiger partial charge >= 0.3 is 0 Å². The molecule has 2 aliphatic heterocycles. The second-order valence-corrected chi connectivity index (χ2v) is 7.14. The molecule has 0 spiro atoms. The number of amidine groups is 1. The highest BCUT2D eigenvalue weighted by Gasteiger charge is 2.48. The standard InChI is InChI=1S/C16H9N3O5S/c20-16-13(9-10-5-7-11(8-6-10)19(21)22)17-15-12-3-1-2-4-14(12)25(23,24)18(15)16/h1-9H. The van der Waals surface area contributed by atoms with Gasteiger partial charge in [-0.2, -0.15) is 4.31 Å². The summed E-state index contributed by atoms with van der Waals surface area (Å²) >= 11 is 0. The molecule has 25 heavy (non-hydrogen) atoms. The van der Waals surface area contributed by atoms with Gasteiger partial charge in [0.25, 0.3) is 21.6 Å². The van der Waals surface area contributed by atoms with Crippen LogP contribution in [0.1, 0.15) is 11.1 Å². The van der Waals surface area contributed by atoms with Crippen molar-refractivity contribution >= 4 is 33.5 Å². The monoisotopic (exact) mass is 355 g/mol. The number of carbonyl (C=O) groups is 1. The fourth-order valence-corrected chi connectivity index (χ4v) is 4.28. The van der Waals surface area contributed by atoms with E-state index in [0.717, 1.165) is 0 Å². The largest absolute Gasteiger partial charge is 0.292 e. The number of nitrogens with zero attached hydrogens (tertiary/aromatic N) is 3. The maximum Gasteiger partial charge on any atom is 0.292 e. The molecule has 2 aromatic carbocycles. The third-order valence-corrected chi connectivity index (χ3v) is 5.61. The molecule has 0 aromatic heterocycles. The topological polar surface area (TPSA) is 110 Å². The molecule has 8 nitrogen and oxygen atoms in total. The summed E-state index contributed by atoms with van der Waals surface area (Å²) < 4.78 is 25.7. The number of benzene rings is 2. The summed E-state index contributed by atoms with van der Waals surface area (Å²) in [6.45, 7) is 0. The maximum atomic E-state index is 12.5. The third kappa shape index (κ3) is 2.17. The summed E-state index contributed by atoms with van der Waals surface area (Å²) in [5.41, 5.74) is 0.762. The molecule has 2 aromatic rings. The highest BCUT2D eigenvalue weighted by Crippen LogP contribution is 2.36. The van der Waals surface area contributed by atoms with Crippen LogP contribution in [-0.4, -0.2) is 29.4 Å². The van der Waals surface area contributed by atoms with E-state index in [0.29, 0.717) is 15.4 Å². The first kappa shape index (κ1) is 15.2. The van der Waals surface area contributed by atoms with Crippen LogP contribution in [0.4, 0.5) is 5.69 Å². The lowest BCUT2D eigenvalue weighted by Crippen LogP contribution is -2.32. The number of aliphatic imine (C=N–C) groups is 1. The van der Waals surface area contributed by atoms with E-state index in [1.807, 2.05) is 0 Å². The molecular weight excluding hydrogens is 346 g/mol. The molecule has 124 valence electrons. The number of nitro groups is 1. The second-order valence-electron chi connectivity index (χ2n) is 5.38. The highest BCUT2D eigenvalue weighted by molar-refractivity contribution is 7.91. The molecule has 2 aliphatic rings. The van der Waals surface area contributed by atoms with Crippen LogP contribution in [-0.2, 0) is 14.8 Å². The van der Waals surface area contributed by atoms with E-state index in [-0.39, 0.29) is 22.1 Å². The van der Waals surface area contributed by atoms with E-state index in [2.05, 4.69) is 4.99 Å². The maximum absolute atomic E-state index is 12.5. The predicted molar refractivity (Wildman–Crippen MR) is 88.1 cm³/mol. The summed E-state index contributed by atoms with van der Waals surface area (Å²) in [5.74, 6) is -0.668. The van der Waals surface area contributed by atoms with Crippen molar-refractivity contribution < 1.29 is 18.1 Å². The van der Waals surface area contributed by atoms with Crippen molar-refractivity contribution in [1.82, 2.24) is 4.31 Å². The van der Waals surface area contributed by atoms with Gasteiger partial charge in [0.15, 0.2) is 5.84 Å². The zero-order chi connectivity index (χ0) is 17.8. The minimum atomic E-state index is -3.95. The molecule has 1 amide bonds. The number of carbonyl (C=O) groups excluding carboxylic acids is 1. The molecule has 0 saturated heterocycles. The van der Waals surface area contributed by atoms with Crippen LogP contribution in [0.15, 0.2) is 64.1 Å². The smallest absolute Gasteiger partial charge is 0.266 e. The van der Waals surface area contributed by atoms with Gasteiger partial charge in [0.2, 0.25) is 0 Å². The van der Waals surface area contributed by atoms with E-state index >= 15 is 0 Å². The second kappa shape index (κ2) is 5.08. The molecule has 9 heteroatoms. The van der Waals surface area contributed by atoms with E-state index in [1.54, 1.807) is 18.2 Å². The average Bonchev–Trinajstić information content (AvgIpc) is 3.03. The number of sulfonamides is 1. The van der Waals surface area contributed by atoms with Gasteiger partial charge in [-0.1, -0.05) is 12.1 Å². The van der Waals surface area contributed by atoms with Crippen molar-refractivity contribution in [2.75, 3.05) is 0 Å². The Labute approximate surface area is 141 Å². The molecule has 0 unspecified atom stereocenters. The van der Waals surface area contributed by atoms with Crippen molar-refractivity contribution in [3.05, 3.63) is 75.5 Å². The Morgan fingerprint density at radius 3 is 2.44 bits per heavy atom. The van der Waals surface area contributed by atoms with E-state index in [9.17, 15) is 23.3 Å². The van der Waals surface area contributed by atoms with Crippen molar-refractivity contribution in [2.24, 2.45) is 4.99 Å². The minimum absolute atomic E-state index is 0.0399. The lowest BCUT2D eigenvalue weighted by molar-refractivity contribution is -0.384. The summed E-state index contributed by atoms with van der Waals surface area (Å²) in [6.07, 6.45) is 1.40. The van der Waals surface area contributed by atoms with Gasteiger partial charge in [0.05, 0.1) is 9.82 Å². The lowest BCUT2D eigenvalue weighted by atomic mass is 10.2. The Balaban J connectivity index is 1.79. The van der Waals surface area contributed by atoms with Crippen LogP contribution >= 0.6 is 0 Å². The molecule has 2 heterocycles. The van der Waals surface area contributed by atoms with Crippen LogP contribution in [0.3, 0.4) is 0 Å². The number of nitro benzene ring substituents is 1. The fourth-order valence-electron chi connectivity index (χ4n) is 2.72. The SMILES string of the molecule is O=C1C(=Cc2ccc([N+](=O)[O-])cc2)N=C2c3ccccc3S(=O)(=O)N12. The summed E-state index contributed by atoms with van der Waals surface area (Å²) in [6, 6.07) is 11.8. The molecule has 0 fully saturated rings. The van der Waals surface area contributed by atoms with Crippen LogP contribution < -0.4 is 0 Å². The number of non-ortho nitro benzene ring substituents is 1. The summed E-state index contributed by atoms with van der Waals surface area (Å²) in [4.78, 5) is 26.9. The van der Waals surface area contributed by atoms with Crippen LogP contribution in [0.25, 0.3) is 6.08 Å². The first-order valence-electron chi connectivity index (χ1n) is 7.13. The number of amides is 1. The van der Waals surface area contributed by atoms with Crippen LogP contribution in [0.2, 0.25) is 0 Å². The zero-order valence-electron chi connectivity index (χ0n) is 12.5. The first-order chi connectivity index (χ1) is 11.9. The summed E-state index contributed by atoms with van der Waals surface area (Å²) in [7, 11) is -3.95.